The third-order valence-electron chi connectivity index (χ3n) is 3.67. The minimum absolute atomic E-state index is 0.0345. The number of hydrogen-bond donors (Lipinski definition) is 3. The van der Waals surface area contributed by atoms with Crippen LogP contribution >= 0.6 is 0 Å². The van der Waals surface area contributed by atoms with Crippen molar-refractivity contribution in [3.8, 4) is 0 Å². The van der Waals surface area contributed by atoms with Crippen LogP contribution in [0.5, 0.6) is 0 Å². The van der Waals surface area contributed by atoms with E-state index in [2.05, 4.69) is 28.8 Å². The lowest BCUT2D eigenvalue weighted by molar-refractivity contribution is 0.278. The van der Waals surface area contributed by atoms with Crippen molar-refractivity contribution in [1.29, 1.82) is 0 Å². The quantitative estimate of drug-likeness (QED) is 0.754. The maximum atomic E-state index is 12.2. The van der Waals surface area contributed by atoms with Gasteiger partial charge in [0.15, 0.2) is 5.03 Å². The largest absolute Gasteiger partial charge is 0.392 e. The Morgan fingerprint density at radius 1 is 1.61 bits per heavy atom. The highest BCUT2D eigenvalue weighted by atomic mass is 32.2. The molecule has 1 aromatic heterocycles. The molecule has 0 spiro atoms. The summed E-state index contributed by atoms with van der Waals surface area (Å²) in [6.07, 6.45) is 4.20. The zero-order valence-corrected chi connectivity index (χ0v) is 11.4. The van der Waals surface area contributed by atoms with Crippen LogP contribution in [0.3, 0.4) is 0 Å². The van der Waals surface area contributed by atoms with Crippen LogP contribution in [0.25, 0.3) is 0 Å². The van der Waals surface area contributed by atoms with E-state index in [-0.39, 0.29) is 23.1 Å². The Morgan fingerprint density at radius 2 is 2.33 bits per heavy atom. The summed E-state index contributed by atoms with van der Waals surface area (Å²) in [6, 6.07) is -0.0719. The van der Waals surface area contributed by atoms with Crippen molar-refractivity contribution in [1.82, 2.24) is 14.9 Å². The predicted molar refractivity (Wildman–Crippen MR) is 66.3 cm³/mol. The minimum Gasteiger partial charge on any atom is -0.392 e. The molecular formula is C11H19N3O3S. The second-order valence-electron chi connectivity index (χ2n) is 5.44. The summed E-state index contributed by atoms with van der Waals surface area (Å²) >= 11 is 0. The lowest BCUT2D eigenvalue weighted by Gasteiger charge is -2.27. The maximum absolute atomic E-state index is 12.2. The number of aromatic amines is 1. The van der Waals surface area contributed by atoms with Gasteiger partial charge in [-0.3, -0.25) is 5.10 Å². The van der Waals surface area contributed by atoms with Crippen molar-refractivity contribution >= 4 is 10.0 Å². The number of nitrogens with zero attached hydrogens (tertiary/aromatic N) is 1. The molecule has 0 bridgehead atoms. The van der Waals surface area contributed by atoms with Crippen molar-refractivity contribution in [2.45, 2.75) is 50.8 Å². The van der Waals surface area contributed by atoms with Crippen LogP contribution < -0.4 is 4.72 Å². The fourth-order valence-corrected chi connectivity index (χ4v) is 4.00. The molecule has 0 saturated heterocycles. The fourth-order valence-electron chi connectivity index (χ4n) is 2.44. The molecule has 3 N–H and O–H groups in total. The maximum Gasteiger partial charge on any atom is 0.258 e. The predicted octanol–water partition coefficient (Wildman–Crippen LogP) is 0.759. The van der Waals surface area contributed by atoms with Crippen LogP contribution in [0.15, 0.2) is 11.2 Å². The van der Waals surface area contributed by atoms with E-state index in [1.165, 1.54) is 6.20 Å². The molecule has 0 radical (unpaired) electrons. The van der Waals surface area contributed by atoms with Gasteiger partial charge in [0.1, 0.15) is 0 Å². The summed E-state index contributed by atoms with van der Waals surface area (Å²) in [4.78, 5) is 0. The van der Waals surface area contributed by atoms with E-state index < -0.39 is 10.0 Å². The van der Waals surface area contributed by atoms with E-state index in [9.17, 15) is 8.42 Å². The highest BCUT2D eigenvalue weighted by Gasteiger charge is 2.38. The Balaban J connectivity index is 2.23. The van der Waals surface area contributed by atoms with Crippen LogP contribution in [-0.4, -0.2) is 29.8 Å². The van der Waals surface area contributed by atoms with Gasteiger partial charge in [0.05, 0.1) is 12.8 Å². The lowest BCUT2D eigenvalue weighted by atomic mass is 9.88. The molecule has 102 valence electrons. The SMILES string of the molecule is CC1(C)CCCC1NS(=O)(=O)c1[nH]ncc1CO. The van der Waals surface area contributed by atoms with Gasteiger partial charge in [-0.15, -0.1) is 0 Å². The van der Waals surface area contributed by atoms with Crippen molar-refractivity contribution < 1.29 is 13.5 Å². The van der Waals surface area contributed by atoms with Crippen LogP contribution in [0, 0.1) is 5.41 Å². The number of hydrogen-bond acceptors (Lipinski definition) is 4. The van der Waals surface area contributed by atoms with E-state index in [4.69, 9.17) is 5.11 Å². The molecule has 1 aromatic rings. The van der Waals surface area contributed by atoms with Gasteiger partial charge in [0.2, 0.25) is 0 Å². The number of H-pyrrole nitrogens is 1. The Labute approximate surface area is 107 Å². The summed E-state index contributed by atoms with van der Waals surface area (Å²) in [5, 5.41) is 15.2. The lowest BCUT2D eigenvalue weighted by Crippen LogP contribution is -2.41. The zero-order valence-electron chi connectivity index (χ0n) is 10.6. The molecule has 1 unspecified atom stereocenters. The molecule has 1 aliphatic rings. The van der Waals surface area contributed by atoms with Crippen LogP contribution in [0.2, 0.25) is 0 Å². The summed E-state index contributed by atoms with van der Waals surface area (Å²) < 4.78 is 27.2. The Hall–Kier alpha value is -0.920. The first kappa shape index (κ1) is 13.5. The number of rotatable bonds is 4. The Kier molecular flexibility index (Phi) is 3.48. The molecule has 6 nitrogen and oxygen atoms in total. The first-order valence-electron chi connectivity index (χ1n) is 6.02. The molecule has 7 heteroatoms. The van der Waals surface area contributed by atoms with Gasteiger partial charge in [-0.1, -0.05) is 20.3 Å². The standard InChI is InChI=1S/C11H19N3O3S/c1-11(2)5-3-4-9(11)14-18(16,17)10-8(7-15)6-12-13-10/h6,9,14-15H,3-5,7H2,1-2H3,(H,12,13). The molecule has 1 heterocycles. The normalized spacial score (nSPS) is 23.4. The molecular weight excluding hydrogens is 254 g/mol. The smallest absolute Gasteiger partial charge is 0.258 e. The summed E-state index contributed by atoms with van der Waals surface area (Å²) in [5.74, 6) is 0. The first-order chi connectivity index (χ1) is 8.37. The van der Waals surface area contributed by atoms with Crippen LogP contribution in [0.1, 0.15) is 38.7 Å². The second-order valence-corrected chi connectivity index (χ2v) is 7.09. The van der Waals surface area contributed by atoms with Gasteiger partial charge >= 0.3 is 0 Å². The fraction of sp³-hybridized carbons (Fsp3) is 0.727. The Bertz CT molecular complexity index is 521. The molecule has 0 aliphatic heterocycles. The van der Waals surface area contributed by atoms with Gasteiger partial charge in [-0.05, 0) is 18.3 Å². The molecule has 18 heavy (non-hydrogen) atoms. The molecule has 0 amide bonds. The molecule has 1 saturated carbocycles. The summed E-state index contributed by atoms with van der Waals surface area (Å²) in [6.45, 7) is 3.78. The number of aliphatic hydroxyl groups excluding tert-OH is 1. The number of nitrogens with one attached hydrogen (secondary N) is 2. The average molecular weight is 273 g/mol. The van der Waals surface area contributed by atoms with E-state index in [0.717, 1.165) is 19.3 Å². The van der Waals surface area contributed by atoms with E-state index in [0.29, 0.717) is 5.56 Å². The Morgan fingerprint density at radius 3 is 2.89 bits per heavy atom. The van der Waals surface area contributed by atoms with E-state index >= 15 is 0 Å². The van der Waals surface area contributed by atoms with Gasteiger partial charge in [-0.2, -0.15) is 5.10 Å². The first-order valence-corrected chi connectivity index (χ1v) is 7.50. The van der Waals surface area contributed by atoms with Gasteiger partial charge in [0, 0.05) is 11.6 Å². The molecule has 1 aliphatic carbocycles. The van der Waals surface area contributed by atoms with E-state index in [1.807, 2.05) is 0 Å². The van der Waals surface area contributed by atoms with Crippen molar-refractivity contribution in [3.63, 3.8) is 0 Å². The molecule has 2 rings (SSSR count). The number of aliphatic hydroxyl groups is 1. The van der Waals surface area contributed by atoms with E-state index in [1.54, 1.807) is 0 Å². The van der Waals surface area contributed by atoms with Crippen LogP contribution in [-0.2, 0) is 16.6 Å². The van der Waals surface area contributed by atoms with Crippen molar-refractivity contribution in [3.05, 3.63) is 11.8 Å². The molecule has 1 atom stereocenters. The van der Waals surface area contributed by atoms with Crippen molar-refractivity contribution in [2.24, 2.45) is 5.41 Å². The average Bonchev–Trinajstić information content (AvgIpc) is 2.86. The van der Waals surface area contributed by atoms with Gasteiger partial charge in [0.25, 0.3) is 10.0 Å². The summed E-state index contributed by atoms with van der Waals surface area (Å²) in [7, 11) is -3.64. The summed E-state index contributed by atoms with van der Waals surface area (Å²) in [5.41, 5.74) is 0.255. The third kappa shape index (κ3) is 2.43. The number of sulfonamides is 1. The highest BCUT2D eigenvalue weighted by Crippen LogP contribution is 2.37. The number of aromatic nitrogens is 2. The second kappa shape index (κ2) is 4.64. The molecule has 0 aromatic carbocycles. The zero-order chi connectivity index (χ0) is 13.4. The van der Waals surface area contributed by atoms with Crippen LogP contribution in [0.4, 0.5) is 0 Å². The van der Waals surface area contributed by atoms with Gasteiger partial charge in [-0.25, -0.2) is 13.1 Å². The molecule has 1 fully saturated rings. The van der Waals surface area contributed by atoms with Gasteiger partial charge < -0.3 is 5.11 Å². The topological polar surface area (TPSA) is 95.1 Å². The van der Waals surface area contributed by atoms with Crippen molar-refractivity contribution in [2.75, 3.05) is 0 Å². The third-order valence-corrected chi connectivity index (χ3v) is 5.16. The monoisotopic (exact) mass is 273 g/mol. The highest BCUT2D eigenvalue weighted by molar-refractivity contribution is 7.89. The minimum atomic E-state index is -3.64.